The van der Waals surface area contributed by atoms with Gasteiger partial charge in [0.1, 0.15) is 0 Å². The second kappa shape index (κ2) is 8.19. The van der Waals surface area contributed by atoms with Gasteiger partial charge >= 0.3 is 0 Å². The van der Waals surface area contributed by atoms with Gasteiger partial charge in [-0.1, -0.05) is 56.7 Å². The first-order valence-electron chi connectivity index (χ1n) is 7.71. The summed E-state index contributed by atoms with van der Waals surface area (Å²) in [5.74, 6) is 1.46. The molecule has 106 valence electrons. The maximum absolute atomic E-state index is 2.38. The molecule has 1 rings (SSSR count). The zero-order valence-electron chi connectivity index (χ0n) is 13.4. The van der Waals surface area contributed by atoms with E-state index in [0.717, 1.165) is 5.92 Å². The van der Waals surface area contributed by atoms with Crippen molar-refractivity contribution >= 4 is 0 Å². The normalized spacial score (nSPS) is 12.5. The minimum atomic E-state index is 0.636. The number of hydrogen-bond acceptors (Lipinski definition) is 0. The number of aryl methyl sites for hydroxylation is 1. The molecular formula is C19H30. The molecule has 0 aromatic heterocycles. The van der Waals surface area contributed by atoms with Crippen LogP contribution in [0.5, 0.6) is 0 Å². The lowest BCUT2D eigenvalue weighted by molar-refractivity contribution is 0.497. The van der Waals surface area contributed by atoms with Crippen molar-refractivity contribution < 1.29 is 0 Å². The van der Waals surface area contributed by atoms with E-state index in [2.05, 4.69) is 65.0 Å². The second-order valence-corrected chi connectivity index (χ2v) is 6.40. The number of benzene rings is 1. The largest absolute Gasteiger partial charge is 0.0859 e. The molecule has 1 atom stereocenters. The van der Waals surface area contributed by atoms with Crippen LogP contribution in [0.2, 0.25) is 0 Å². The summed E-state index contributed by atoms with van der Waals surface area (Å²) in [6.07, 6.45) is 7.42. The number of rotatable bonds is 7. The summed E-state index contributed by atoms with van der Waals surface area (Å²) >= 11 is 0. The van der Waals surface area contributed by atoms with Gasteiger partial charge in [-0.05, 0) is 62.5 Å². The fourth-order valence-electron chi connectivity index (χ4n) is 2.28. The molecule has 0 N–H and O–H groups in total. The van der Waals surface area contributed by atoms with Crippen LogP contribution in [0.1, 0.15) is 70.9 Å². The molecule has 0 heteroatoms. The van der Waals surface area contributed by atoms with E-state index in [1.807, 2.05) is 0 Å². The highest BCUT2D eigenvalue weighted by Gasteiger charge is 2.03. The van der Waals surface area contributed by atoms with Crippen LogP contribution in [0.3, 0.4) is 0 Å². The lowest BCUT2D eigenvalue weighted by atomic mass is 9.95. The van der Waals surface area contributed by atoms with E-state index < -0.39 is 0 Å². The predicted molar refractivity (Wildman–Crippen MR) is 86.7 cm³/mol. The molecule has 0 bridgehead atoms. The Morgan fingerprint density at radius 3 is 2.16 bits per heavy atom. The van der Waals surface area contributed by atoms with E-state index in [1.54, 1.807) is 0 Å². The summed E-state index contributed by atoms with van der Waals surface area (Å²) in [5, 5.41) is 0. The Kier molecular flexibility index (Phi) is 6.91. The van der Waals surface area contributed by atoms with E-state index >= 15 is 0 Å². The van der Waals surface area contributed by atoms with Crippen LogP contribution in [0.15, 0.2) is 35.9 Å². The van der Waals surface area contributed by atoms with Crippen molar-refractivity contribution in [1.82, 2.24) is 0 Å². The highest BCUT2D eigenvalue weighted by atomic mass is 14.1. The van der Waals surface area contributed by atoms with Crippen LogP contribution >= 0.6 is 0 Å². The molecule has 0 spiro atoms. The SMILES string of the molecule is CC(C)=CCCC(C)CCc1ccc(C(C)C)cc1. The van der Waals surface area contributed by atoms with E-state index in [9.17, 15) is 0 Å². The molecule has 1 aromatic carbocycles. The summed E-state index contributed by atoms with van der Waals surface area (Å²) in [4.78, 5) is 0. The molecular weight excluding hydrogens is 228 g/mol. The Balaban J connectivity index is 2.33. The minimum absolute atomic E-state index is 0.636. The van der Waals surface area contributed by atoms with Crippen LogP contribution in [-0.2, 0) is 6.42 Å². The van der Waals surface area contributed by atoms with E-state index in [4.69, 9.17) is 0 Å². The highest BCUT2D eigenvalue weighted by Crippen LogP contribution is 2.18. The standard InChI is InChI=1S/C19H30/c1-15(2)7-6-8-17(5)9-10-18-11-13-19(14-12-18)16(3)4/h7,11-14,16-17H,6,8-10H2,1-5H3. The van der Waals surface area contributed by atoms with Gasteiger partial charge in [-0.2, -0.15) is 0 Å². The Hall–Kier alpha value is -1.04. The average Bonchev–Trinajstić information content (AvgIpc) is 2.36. The van der Waals surface area contributed by atoms with Crippen LogP contribution < -0.4 is 0 Å². The lowest BCUT2D eigenvalue weighted by Gasteiger charge is -2.11. The van der Waals surface area contributed by atoms with E-state index in [1.165, 1.54) is 42.4 Å². The first-order valence-corrected chi connectivity index (χ1v) is 7.71. The van der Waals surface area contributed by atoms with Crippen LogP contribution in [0, 0.1) is 5.92 Å². The molecule has 0 radical (unpaired) electrons. The first kappa shape index (κ1) is 16.0. The molecule has 0 aliphatic heterocycles. The zero-order chi connectivity index (χ0) is 14.3. The minimum Gasteiger partial charge on any atom is -0.0859 e. The zero-order valence-corrected chi connectivity index (χ0v) is 13.4. The molecule has 0 nitrogen and oxygen atoms in total. The van der Waals surface area contributed by atoms with Crippen LogP contribution in [0.25, 0.3) is 0 Å². The Morgan fingerprint density at radius 2 is 1.63 bits per heavy atom. The van der Waals surface area contributed by atoms with Crippen molar-refractivity contribution in [2.75, 3.05) is 0 Å². The molecule has 0 heterocycles. The monoisotopic (exact) mass is 258 g/mol. The molecule has 19 heavy (non-hydrogen) atoms. The number of hydrogen-bond donors (Lipinski definition) is 0. The second-order valence-electron chi connectivity index (χ2n) is 6.40. The maximum atomic E-state index is 2.38. The van der Waals surface area contributed by atoms with Gasteiger partial charge in [0.05, 0.1) is 0 Å². The summed E-state index contributed by atoms with van der Waals surface area (Å²) in [6.45, 7) is 11.2. The van der Waals surface area contributed by atoms with Gasteiger partial charge in [0, 0.05) is 0 Å². The molecule has 1 aromatic rings. The van der Waals surface area contributed by atoms with Gasteiger partial charge in [-0.25, -0.2) is 0 Å². The summed E-state index contributed by atoms with van der Waals surface area (Å²) in [5.41, 5.74) is 4.37. The summed E-state index contributed by atoms with van der Waals surface area (Å²) < 4.78 is 0. The maximum Gasteiger partial charge on any atom is -0.0219 e. The Bertz CT molecular complexity index is 377. The van der Waals surface area contributed by atoms with Crippen molar-refractivity contribution in [2.45, 2.75) is 66.2 Å². The predicted octanol–water partition coefficient (Wildman–Crippen LogP) is 6.13. The molecule has 0 aliphatic rings. The van der Waals surface area contributed by atoms with Gasteiger partial charge in [0.2, 0.25) is 0 Å². The van der Waals surface area contributed by atoms with Crippen molar-refractivity contribution in [3.63, 3.8) is 0 Å². The van der Waals surface area contributed by atoms with Gasteiger partial charge in [-0.3, -0.25) is 0 Å². The summed E-state index contributed by atoms with van der Waals surface area (Å²) in [6, 6.07) is 9.18. The van der Waals surface area contributed by atoms with Crippen molar-refractivity contribution in [1.29, 1.82) is 0 Å². The molecule has 1 unspecified atom stereocenters. The third-order valence-electron chi connectivity index (χ3n) is 3.78. The summed E-state index contributed by atoms with van der Waals surface area (Å²) in [7, 11) is 0. The van der Waals surface area contributed by atoms with Crippen LogP contribution in [-0.4, -0.2) is 0 Å². The quantitative estimate of drug-likeness (QED) is 0.516. The van der Waals surface area contributed by atoms with E-state index in [0.29, 0.717) is 5.92 Å². The molecule has 0 aliphatic carbocycles. The average molecular weight is 258 g/mol. The van der Waals surface area contributed by atoms with Crippen LogP contribution in [0.4, 0.5) is 0 Å². The fourth-order valence-corrected chi connectivity index (χ4v) is 2.28. The first-order chi connectivity index (χ1) is 8.99. The molecule has 0 amide bonds. The highest BCUT2D eigenvalue weighted by molar-refractivity contribution is 5.24. The number of allylic oxidation sites excluding steroid dienone is 2. The lowest BCUT2D eigenvalue weighted by Crippen LogP contribution is -1.97. The molecule has 0 fully saturated rings. The third kappa shape index (κ3) is 6.61. The Labute approximate surface area is 119 Å². The van der Waals surface area contributed by atoms with Crippen molar-refractivity contribution in [3.05, 3.63) is 47.0 Å². The van der Waals surface area contributed by atoms with Crippen molar-refractivity contribution in [3.8, 4) is 0 Å². The molecule has 0 saturated heterocycles. The topological polar surface area (TPSA) is 0 Å². The van der Waals surface area contributed by atoms with Gasteiger partial charge in [0.15, 0.2) is 0 Å². The smallest absolute Gasteiger partial charge is 0.0219 e. The van der Waals surface area contributed by atoms with Gasteiger partial charge in [-0.15, -0.1) is 0 Å². The van der Waals surface area contributed by atoms with Crippen molar-refractivity contribution in [2.24, 2.45) is 5.92 Å². The van der Waals surface area contributed by atoms with Gasteiger partial charge in [0.25, 0.3) is 0 Å². The van der Waals surface area contributed by atoms with E-state index in [-0.39, 0.29) is 0 Å². The fraction of sp³-hybridized carbons (Fsp3) is 0.579. The Morgan fingerprint density at radius 1 is 1.00 bits per heavy atom. The van der Waals surface area contributed by atoms with Gasteiger partial charge < -0.3 is 0 Å². The molecule has 0 saturated carbocycles. The third-order valence-corrected chi connectivity index (χ3v) is 3.78.